The number of ether oxygens (including phenoxy) is 1. The summed E-state index contributed by atoms with van der Waals surface area (Å²) in [5.41, 5.74) is 0. The Morgan fingerprint density at radius 3 is 2.41 bits per heavy atom. The van der Waals surface area contributed by atoms with E-state index in [2.05, 4.69) is 18.7 Å². The van der Waals surface area contributed by atoms with Crippen molar-refractivity contribution in [3.8, 4) is 0 Å². The molecule has 0 amide bonds. The minimum absolute atomic E-state index is 0.304. The summed E-state index contributed by atoms with van der Waals surface area (Å²) in [7, 11) is 0. The zero-order chi connectivity index (χ0) is 12.3. The van der Waals surface area contributed by atoms with Crippen LogP contribution in [0.15, 0.2) is 0 Å². The molecule has 2 rings (SSSR count). The highest BCUT2D eigenvalue weighted by Gasteiger charge is 2.26. The first-order chi connectivity index (χ1) is 8.15. The number of carbonyl (C=O) groups excluding carboxylic acids is 1. The molecule has 1 heterocycles. The monoisotopic (exact) mass is 239 g/mol. The Bertz CT molecular complexity index is 253. The molecule has 0 unspecified atom stereocenters. The second kappa shape index (κ2) is 5.96. The van der Waals surface area contributed by atoms with Crippen molar-refractivity contribution >= 4 is 5.78 Å². The van der Waals surface area contributed by atoms with Crippen molar-refractivity contribution < 1.29 is 9.53 Å². The summed E-state index contributed by atoms with van der Waals surface area (Å²) in [5, 5.41) is 0. The van der Waals surface area contributed by atoms with Crippen LogP contribution in [0.3, 0.4) is 0 Å². The minimum Gasteiger partial charge on any atom is -0.370 e. The van der Waals surface area contributed by atoms with E-state index in [1.54, 1.807) is 0 Å². The topological polar surface area (TPSA) is 29.5 Å². The first-order valence-electron chi connectivity index (χ1n) is 7.02. The number of likely N-dealkylation sites (tertiary alicyclic amines) is 1. The van der Waals surface area contributed by atoms with Gasteiger partial charge in [-0.25, -0.2) is 0 Å². The number of nitrogens with zero attached hydrogens (tertiary/aromatic N) is 1. The number of rotatable bonds is 6. The van der Waals surface area contributed by atoms with E-state index in [1.165, 1.54) is 12.8 Å². The molecule has 98 valence electrons. The predicted octanol–water partition coefficient (Wildman–Crippen LogP) is 2.25. The molecular weight excluding hydrogens is 214 g/mol. The lowest BCUT2D eigenvalue weighted by Gasteiger charge is -2.34. The van der Waals surface area contributed by atoms with Crippen molar-refractivity contribution in [3.63, 3.8) is 0 Å². The second-order valence-corrected chi connectivity index (χ2v) is 5.83. The molecule has 0 aromatic heterocycles. The van der Waals surface area contributed by atoms with Gasteiger partial charge in [0.1, 0.15) is 6.61 Å². The summed E-state index contributed by atoms with van der Waals surface area (Å²) in [6.45, 7) is 7.04. The number of carbonyl (C=O) groups is 1. The van der Waals surface area contributed by atoms with Gasteiger partial charge in [0.25, 0.3) is 0 Å². The van der Waals surface area contributed by atoms with Crippen LogP contribution >= 0.6 is 0 Å². The molecule has 3 heteroatoms. The molecule has 0 atom stereocenters. The van der Waals surface area contributed by atoms with Crippen LogP contribution in [-0.4, -0.2) is 42.5 Å². The van der Waals surface area contributed by atoms with Crippen LogP contribution in [0.5, 0.6) is 0 Å². The normalized spacial score (nSPS) is 23.2. The SMILES string of the molecule is CC(C)N1CCC(OCC(=O)CC2CC2)CC1. The predicted molar refractivity (Wildman–Crippen MR) is 68.0 cm³/mol. The lowest BCUT2D eigenvalue weighted by Crippen LogP contribution is -2.41. The van der Waals surface area contributed by atoms with Crippen molar-refractivity contribution in [2.75, 3.05) is 19.7 Å². The number of ketones is 1. The van der Waals surface area contributed by atoms with Gasteiger partial charge in [0, 0.05) is 25.6 Å². The van der Waals surface area contributed by atoms with Gasteiger partial charge in [0.15, 0.2) is 5.78 Å². The van der Waals surface area contributed by atoms with Crippen molar-refractivity contribution in [1.82, 2.24) is 4.90 Å². The van der Waals surface area contributed by atoms with E-state index in [-0.39, 0.29) is 0 Å². The van der Waals surface area contributed by atoms with Gasteiger partial charge < -0.3 is 9.64 Å². The maximum Gasteiger partial charge on any atom is 0.158 e. The van der Waals surface area contributed by atoms with Crippen molar-refractivity contribution in [3.05, 3.63) is 0 Å². The van der Waals surface area contributed by atoms with Crippen molar-refractivity contribution in [1.29, 1.82) is 0 Å². The standard InChI is InChI=1S/C14H25NO2/c1-11(2)15-7-5-14(6-8-15)17-10-13(16)9-12-3-4-12/h11-12,14H,3-10H2,1-2H3. The van der Waals surface area contributed by atoms with Gasteiger partial charge >= 0.3 is 0 Å². The quantitative estimate of drug-likeness (QED) is 0.712. The molecule has 1 saturated carbocycles. The van der Waals surface area contributed by atoms with Crippen molar-refractivity contribution in [2.24, 2.45) is 5.92 Å². The van der Waals surface area contributed by atoms with Gasteiger partial charge in [-0.3, -0.25) is 4.79 Å². The van der Waals surface area contributed by atoms with E-state index in [9.17, 15) is 4.79 Å². The third-order valence-electron chi connectivity index (χ3n) is 3.90. The first kappa shape index (κ1) is 13.0. The highest BCUT2D eigenvalue weighted by Crippen LogP contribution is 2.32. The fourth-order valence-corrected chi connectivity index (χ4v) is 2.47. The van der Waals surface area contributed by atoms with Gasteiger partial charge in [-0.05, 0) is 45.4 Å². The molecule has 0 aromatic carbocycles. The molecule has 0 bridgehead atoms. The van der Waals surface area contributed by atoms with Gasteiger partial charge in [-0.1, -0.05) is 0 Å². The van der Waals surface area contributed by atoms with Gasteiger partial charge in [-0.15, -0.1) is 0 Å². The van der Waals surface area contributed by atoms with Gasteiger partial charge in [-0.2, -0.15) is 0 Å². The lowest BCUT2D eigenvalue weighted by molar-refractivity contribution is -0.127. The first-order valence-corrected chi connectivity index (χ1v) is 7.02. The molecule has 1 aliphatic heterocycles. The number of hydrogen-bond donors (Lipinski definition) is 0. The Morgan fingerprint density at radius 1 is 1.24 bits per heavy atom. The summed E-state index contributed by atoms with van der Waals surface area (Å²) in [6.07, 6.45) is 5.72. The van der Waals surface area contributed by atoms with E-state index in [0.29, 0.717) is 30.5 Å². The van der Waals surface area contributed by atoms with Crippen LogP contribution in [0, 0.1) is 5.92 Å². The lowest BCUT2D eigenvalue weighted by atomic mass is 10.1. The Labute approximate surface area is 105 Å². The fraction of sp³-hybridized carbons (Fsp3) is 0.929. The molecule has 1 aliphatic carbocycles. The molecule has 0 spiro atoms. The average molecular weight is 239 g/mol. The van der Waals surface area contributed by atoms with Crippen LogP contribution < -0.4 is 0 Å². The maximum atomic E-state index is 11.6. The molecule has 1 saturated heterocycles. The van der Waals surface area contributed by atoms with Crippen molar-refractivity contribution in [2.45, 2.75) is 58.1 Å². The maximum absolute atomic E-state index is 11.6. The average Bonchev–Trinajstić information content (AvgIpc) is 3.11. The highest BCUT2D eigenvalue weighted by atomic mass is 16.5. The van der Waals surface area contributed by atoms with E-state index in [1.807, 2.05) is 0 Å². The Hall–Kier alpha value is -0.410. The van der Waals surface area contributed by atoms with Crippen LogP contribution in [0.4, 0.5) is 0 Å². The van der Waals surface area contributed by atoms with Gasteiger partial charge in [0.2, 0.25) is 0 Å². The molecule has 2 fully saturated rings. The third kappa shape index (κ3) is 4.40. The molecule has 0 N–H and O–H groups in total. The third-order valence-corrected chi connectivity index (χ3v) is 3.90. The minimum atomic E-state index is 0.304. The number of hydrogen-bond acceptors (Lipinski definition) is 3. The Morgan fingerprint density at radius 2 is 1.88 bits per heavy atom. The number of Topliss-reactive ketones (excluding diaryl/α,β-unsaturated/α-hetero) is 1. The summed E-state index contributed by atoms with van der Waals surface area (Å²) >= 11 is 0. The smallest absolute Gasteiger partial charge is 0.158 e. The van der Waals surface area contributed by atoms with Gasteiger partial charge in [0.05, 0.1) is 6.10 Å². The van der Waals surface area contributed by atoms with Crippen LogP contribution in [0.2, 0.25) is 0 Å². The summed E-state index contributed by atoms with van der Waals surface area (Å²) < 4.78 is 5.73. The van der Waals surface area contributed by atoms with E-state index in [0.717, 1.165) is 32.4 Å². The Balaban J connectivity index is 1.59. The van der Waals surface area contributed by atoms with Crippen LogP contribution in [0.25, 0.3) is 0 Å². The molecule has 0 aromatic rings. The Kier molecular flexibility index (Phi) is 4.57. The number of piperidine rings is 1. The van der Waals surface area contributed by atoms with E-state index < -0.39 is 0 Å². The summed E-state index contributed by atoms with van der Waals surface area (Å²) in [4.78, 5) is 14.1. The fourth-order valence-electron chi connectivity index (χ4n) is 2.47. The zero-order valence-corrected chi connectivity index (χ0v) is 11.2. The second-order valence-electron chi connectivity index (χ2n) is 5.83. The van der Waals surface area contributed by atoms with Crippen LogP contribution in [-0.2, 0) is 9.53 Å². The summed E-state index contributed by atoms with van der Waals surface area (Å²) in [5.74, 6) is 0.993. The molecule has 2 aliphatic rings. The molecule has 17 heavy (non-hydrogen) atoms. The van der Waals surface area contributed by atoms with E-state index >= 15 is 0 Å². The summed E-state index contributed by atoms with van der Waals surface area (Å²) in [6, 6.07) is 0.632. The zero-order valence-electron chi connectivity index (χ0n) is 11.2. The highest BCUT2D eigenvalue weighted by molar-refractivity contribution is 5.80. The molecule has 0 radical (unpaired) electrons. The van der Waals surface area contributed by atoms with Crippen LogP contribution in [0.1, 0.15) is 46.0 Å². The molecular formula is C14H25NO2. The molecule has 3 nitrogen and oxygen atoms in total. The van der Waals surface area contributed by atoms with E-state index in [4.69, 9.17) is 4.74 Å². The largest absolute Gasteiger partial charge is 0.370 e.